The van der Waals surface area contributed by atoms with Gasteiger partial charge in [-0.05, 0) is 78.0 Å². The van der Waals surface area contributed by atoms with E-state index in [1.54, 1.807) is 12.1 Å². The van der Waals surface area contributed by atoms with Gasteiger partial charge in [-0.1, -0.05) is 31.0 Å². The summed E-state index contributed by atoms with van der Waals surface area (Å²) in [4.78, 5) is 27.1. The fourth-order valence-electron chi connectivity index (χ4n) is 3.16. The number of benzene rings is 2. The Labute approximate surface area is 184 Å². The van der Waals surface area contributed by atoms with Gasteiger partial charge in [-0.3, -0.25) is 14.9 Å². The minimum atomic E-state index is -0.265. The Bertz CT molecular complexity index is 879. The minimum absolute atomic E-state index is 0.0411. The molecule has 3 rings (SSSR count). The van der Waals surface area contributed by atoms with Crippen LogP contribution in [-0.4, -0.2) is 34.9 Å². The van der Waals surface area contributed by atoms with E-state index in [2.05, 4.69) is 33.2 Å². The highest BCUT2D eigenvalue weighted by Crippen LogP contribution is 2.17. The molecule has 0 unspecified atom stereocenters. The average Bonchev–Trinajstić information content (AvgIpc) is 2.97. The third-order valence-electron chi connectivity index (χ3n) is 4.61. The lowest BCUT2D eigenvalue weighted by atomic mass is 10.1. The number of halogens is 1. The first kappa shape index (κ1) is 20.7. The SMILES string of the molecule is O=C(NC(=S)Nc1cccc(C(=O)N2CCCCCC2)c1)c1ccccc1I. The molecule has 2 amide bonds. The number of hydrogen-bond acceptors (Lipinski definition) is 3. The second-order valence-corrected chi connectivity index (χ2v) is 8.25. The number of carbonyl (C=O) groups is 2. The van der Waals surface area contributed by atoms with Crippen molar-refractivity contribution in [2.75, 3.05) is 18.4 Å². The zero-order valence-electron chi connectivity index (χ0n) is 15.4. The van der Waals surface area contributed by atoms with Crippen LogP contribution >= 0.6 is 34.8 Å². The van der Waals surface area contributed by atoms with Crippen LogP contribution in [0.4, 0.5) is 5.69 Å². The maximum atomic E-state index is 12.8. The number of rotatable bonds is 3. The van der Waals surface area contributed by atoms with E-state index in [9.17, 15) is 9.59 Å². The molecule has 7 heteroatoms. The number of anilines is 1. The molecule has 5 nitrogen and oxygen atoms in total. The van der Waals surface area contributed by atoms with Crippen LogP contribution < -0.4 is 10.6 Å². The summed E-state index contributed by atoms with van der Waals surface area (Å²) >= 11 is 7.38. The molecule has 1 fully saturated rings. The lowest BCUT2D eigenvalue weighted by Gasteiger charge is -2.20. The van der Waals surface area contributed by atoms with Crippen LogP contribution in [0.2, 0.25) is 0 Å². The average molecular weight is 507 g/mol. The molecule has 0 saturated carbocycles. The Kier molecular flexibility index (Phi) is 7.38. The summed E-state index contributed by atoms with van der Waals surface area (Å²) < 4.78 is 0.852. The molecule has 2 N–H and O–H groups in total. The van der Waals surface area contributed by atoms with Crippen molar-refractivity contribution in [2.45, 2.75) is 25.7 Å². The number of nitrogens with one attached hydrogen (secondary N) is 2. The monoisotopic (exact) mass is 507 g/mol. The molecule has 1 saturated heterocycles. The number of hydrogen-bond donors (Lipinski definition) is 2. The van der Waals surface area contributed by atoms with Crippen molar-refractivity contribution in [1.82, 2.24) is 10.2 Å². The Morgan fingerprint density at radius 2 is 1.68 bits per heavy atom. The predicted octanol–water partition coefficient (Wildman–Crippen LogP) is 4.43. The van der Waals surface area contributed by atoms with Crippen LogP contribution in [0.3, 0.4) is 0 Å². The third-order valence-corrected chi connectivity index (χ3v) is 5.75. The van der Waals surface area contributed by atoms with Gasteiger partial charge >= 0.3 is 0 Å². The first-order valence-electron chi connectivity index (χ1n) is 9.31. The van der Waals surface area contributed by atoms with Gasteiger partial charge in [-0.15, -0.1) is 0 Å². The van der Waals surface area contributed by atoms with Crippen molar-refractivity contribution in [3.8, 4) is 0 Å². The normalized spacial score (nSPS) is 14.1. The van der Waals surface area contributed by atoms with Gasteiger partial charge in [0.1, 0.15) is 0 Å². The Morgan fingerprint density at radius 1 is 0.964 bits per heavy atom. The largest absolute Gasteiger partial charge is 0.339 e. The van der Waals surface area contributed by atoms with E-state index in [0.29, 0.717) is 16.8 Å². The van der Waals surface area contributed by atoms with Gasteiger partial charge in [-0.2, -0.15) is 0 Å². The summed E-state index contributed by atoms with van der Waals surface area (Å²) in [7, 11) is 0. The number of thiocarbonyl (C=S) groups is 1. The molecule has 1 aliphatic rings. The summed E-state index contributed by atoms with van der Waals surface area (Å²) in [6.07, 6.45) is 4.47. The molecule has 0 aliphatic carbocycles. The molecule has 0 bridgehead atoms. The van der Waals surface area contributed by atoms with Gasteiger partial charge < -0.3 is 10.2 Å². The summed E-state index contributed by atoms with van der Waals surface area (Å²) in [6, 6.07) is 14.5. The van der Waals surface area contributed by atoms with Crippen molar-refractivity contribution in [1.29, 1.82) is 0 Å². The predicted molar refractivity (Wildman–Crippen MR) is 124 cm³/mol. The lowest BCUT2D eigenvalue weighted by molar-refractivity contribution is 0.0761. The van der Waals surface area contributed by atoms with E-state index in [1.807, 2.05) is 41.3 Å². The molecule has 0 spiro atoms. The lowest BCUT2D eigenvalue weighted by Crippen LogP contribution is -2.34. The number of carbonyl (C=O) groups excluding carboxylic acids is 2. The molecular formula is C21H22IN3O2S. The maximum Gasteiger partial charge on any atom is 0.258 e. The summed E-state index contributed by atoms with van der Waals surface area (Å²) in [5.74, 6) is -0.223. The van der Waals surface area contributed by atoms with Crippen LogP contribution in [0.5, 0.6) is 0 Å². The molecule has 0 atom stereocenters. The van der Waals surface area contributed by atoms with E-state index in [4.69, 9.17) is 12.2 Å². The molecule has 146 valence electrons. The minimum Gasteiger partial charge on any atom is -0.339 e. The van der Waals surface area contributed by atoms with Crippen molar-refractivity contribution in [2.24, 2.45) is 0 Å². The first-order chi connectivity index (χ1) is 13.5. The number of amides is 2. The van der Waals surface area contributed by atoms with E-state index in [-0.39, 0.29) is 16.9 Å². The molecule has 28 heavy (non-hydrogen) atoms. The van der Waals surface area contributed by atoms with Crippen molar-refractivity contribution in [3.05, 3.63) is 63.2 Å². The summed E-state index contributed by atoms with van der Waals surface area (Å²) in [5, 5.41) is 5.88. The van der Waals surface area contributed by atoms with E-state index in [1.165, 1.54) is 12.8 Å². The van der Waals surface area contributed by atoms with Crippen molar-refractivity contribution < 1.29 is 9.59 Å². The van der Waals surface area contributed by atoms with Crippen LogP contribution in [0, 0.1) is 3.57 Å². The Morgan fingerprint density at radius 3 is 2.39 bits per heavy atom. The van der Waals surface area contributed by atoms with Crippen molar-refractivity contribution in [3.63, 3.8) is 0 Å². The van der Waals surface area contributed by atoms with E-state index >= 15 is 0 Å². The highest BCUT2D eigenvalue weighted by molar-refractivity contribution is 14.1. The number of likely N-dealkylation sites (tertiary alicyclic amines) is 1. The van der Waals surface area contributed by atoms with E-state index in [0.717, 1.165) is 29.5 Å². The second kappa shape index (κ2) is 9.97. The zero-order chi connectivity index (χ0) is 19.9. The van der Waals surface area contributed by atoms with Crippen molar-refractivity contribution >= 4 is 57.4 Å². The molecule has 2 aromatic carbocycles. The Balaban J connectivity index is 1.63. The van der Waals surface area contributed by atoms with Crippen LogP contribution in [0.1, 0.15) is 46.4 Å². The fraction of sp³-hybridized carbons (Fsp3) is 0.286. The van der Waals surface area contributed by atoms with Gasteiger partial charge in [0.15, 0.2) is 5.11 Å². The van der Waals surface area contributed by atoms with Crippen LogP contribution in [-0.2, 0) is 0 Å². The van der Waals surface area contributed by atoms with Gasteiger partial charge in [-0.25, -0.2) is 0 Å². The quantitative estimate of drug-likeness (QED) is 0.477. The summed E-state index contributed by atoms with van der Waals surface area (Å²) in [6.45, 7) is 1.61. The van der Waals surface area contributed by atoms with Gasteiger partial charge in [0.05, 0.1) is 5.56 Å². The highest BCUT2D eigenvalue weighted by Gasteiger charge is 2.18. The second-order valence-electron chi connectivity index (χ2n) is 6.68. The van der Waals surface area contributed by atoms with Crippen LogP contribution in [0.25, 0.3) is 0 Å². The van der Waals surface area contributed by atoms with Gasteiger partial charge in [0.25, 0.3) is 11.8 Å². The van der Waals surface area contributed by atoms with Gasteiger partial charge in [0.2, 0.25) is 0 Å². The highest BCUT2D eigenvalue weighted by atomic mass is 127. The fourth-order valence-corrected chi connectivity index (χ4v) is 4.01. The zero-order valence-corrected chi connectivity index (χ0v) is 18.4. The molecule has 1 aliphatic heterocycles. The smallest absolute Gasteiger partial charge is 0.258 e. The standard InChI is InChI=1S/C21H22IN3O2S/c22-18-11-4-3-10-17(18)19(26)24-21(28)23-16-9-7-8-15(14-16)20(27)25-12-5-1-2-6-13-25/h3-4,7-11,14H,1-2,5-6,12-13H2,(H2,23,24,26,28). The summed E-state index contributed by atoms with van der Waals surface area (Å²) in [5.41, 5.74) is 1.87. The molecule has 0 aromatic heterocycles. The topological polar surface area (TPSA) is 61.4 Å². The first-order valence-corrected chi connectivity index (χ1v) is 10.8. The molecular weight excluding hydrogens is 485 g/mol. The molecule has 2 aromatic rings. The Hall–Kier alpha value is -2.00. The van der Waals surface area contributed by atoms with E-state index < -0.39 is 0 Å². The number of nitrogens with zero attached hydrogens (tertiary/aromatic N) is 1. The molecule has 0 radical (unpaired) electrons. The maximum absolute atomic E-state index is 12.8. The van der Waals surface area contributed by atoms with Gasteiger partial charge in [0, 0.05) is 27.9 Å². The third kappa shape index (κ3) is 5.51. The molecule has 1 heterocycles. The van der Waals surface area contributed by atoms with Crippen LogP contribution in [0.15, 0.2) is 48.5 Å².